The Kier molecular flexibility index (Phi) is 7.39. The monoisotopic (exact) mass is 418 g/mol. The van der Waals surface area contributed by atoms with E-state index >= 15 is 0 Å². The molecule has 0 bridgehead atoms. The zero-order valence-electron chi connectivity index (χ0n) is 17.1. The lowest BCUT2D eigenvalue weighted by molar-refractivity contribution is 0.324. The molecular weight excluding hydrogens is 388 g/mol. The van der Waals surface area contributed by atoms with Gasteiger partial charge < -0.3 is 14.8 Å². The normalized spacial score (nSPS) is 19.5. The van der Waals surface area contributed by atoms with E-state index in [0.717, 1.165) is 55.2 Å². The summed E-state index contributed by atoms with van der Waals surface area (Å²) in [5.41, 5.74) is 1.06. The Balaban J connectivity index is 1.42. The Morgan fingerprint density at radius 1 is 0.897 bits per heavy atom. The molecule has 29 heavy (non-hydrogen) atoms. The van der Waals surface area contributed by atoms with Gasteiger partial charge in [0.15, 0.2) is 0 Å². The van der Waals surface area contributed by atoms with Gasteiger partial charge in [-0.25, -0.2) is 13.1 Å². The molecule has 0 aromatic heterocycles. The van der Waals surface area contributed by atoms with Crippen molar-refractivity contribution >= 4 is 15.7 Å². The maximum Gasteiger partial charge on any atom is 0.211 e. The Morgan fingerprint density at radius 3 is 2.00 bits per heavy atom. The van der Waals surface area contributed by atoms with E-state index in [1.807, 2.05) is 48.5 Å². The van der Waals surface area contributed by atoms with Gasteiger partial charge in [-0.1, -0.05) is 0 Å². The quantitative estimate of drug-likeness (QED) is 0.631. The van der Waals surface area contributed by atoms with E-state index in [-0.39, 0.29) is 11.8 Å². The number of rotatable bonds is 9. The summed E-state index contributed by atoms with van der Waals surface area (Å²) >= 11 is 0. The van der Waals surface area contributed by atoms with Crippen LogP contribution in [-0.2, 0) is 10.0 Å². The van der Waals surface area contributed by atoms with E-state index in [4.69, 9.17) is 9.47 Å². The van der Waals surface area contributed by atoms with Gasteiger partial charge in [0.2, 0.25) is 10.0 Å². The zero-order valence-corrected chi connectivity index (χ0v) is 17.9. The molecule has 6 nitrogen and oxygen atoms in total. The van der Waals surface area contributed by atoms with Crippen molar-refractivity contribution < 1.29 is 17.9 Å². The zero-order chi connectivity index (χ0) is 20.7. The number of benzene rings is 2. The second-order valence-corrected chi connectivity index (χ2v) is 9.46. The van der Waals surface area contributed by atoms with Crippen LogP contribution in [0.25, 0.3) is 0 Å². The second-order valence-electron chi connectivity index (χ2n) is 7.42. The van der Waals surface area contributed by atoms with E-state index < -0.39 is 10.0 Å². The van der Waals surface area contributed by atoms with Crippen LogP contribution in [0.15, 0.2) is 48.5 Å². The Labute approximate surface area is 173 Å². The van der Waals surface area contributed by atoms with Gasteiger partial charge in [0.1, 0.15) is 17.2 Å². The fraction of sp³-hybridized carbons (Fsp3) is 0.455. The van der Waals surface area contributed by atoms with Crippen molar-refractivity contribution in [2.45, 2.75) is 38.6 Å². The van der Waals surface area contributed by atoms with Crippen LogP contribution in [0.3, 0.4) is 0 Å². The standard InChI is InChI=1S/C22H30N2O4S/c1-3-29(25,26)24-19-6-4-17(5-7-19)16-23-18-8-10-21(11-9-18)28-22-14-12-20(27-2)13-15-22/h8-15,17,19,23-24H,3-7,16H2,1-2H3. The van der Waals surface area contributed by atoms with Gasteiger partial charge in [0.25, 0.3) is 0 Å². The van der Waals surface area contributed by atoms with Crippen molar-refractivity contribution in [3.05, 3.63) is 48.5 Å². The second kappa shape index (κ2) is 9.98. The molecule has 0 radical (unpaired) electrons. The van der Waals surface area contributed by atoms with Crippen molar-refractivity contribution in [1.82, 2.24) is 4.72 Å². The average Bonchev–Trinajstić information content (AvgIpc) is 2.74. The highest BCUT2D eigenvalue weighted by Gasteiger charge is 2.23. The smallest absolute Gasteiger partial charge is 0.211 e. The van der Waals surface area contributed by atoms with Crippen molar-refractivity contribution in [1.29, 1.82) is 0 Å². The Hall–Kier alpha value is -2.25. The summed E-state index contributed by atoms with van der Waals surface area (Å²) in [6, 6.07) is 15.5. The molecule has 1 fully saturated rings. The molecule has 0 saturated heterocycles. The predicted octanol–water partition coefficient (Wildman–Crippen LogP) is 4.40. The van der Waals surface area contributed by atoms with Crippen LogP contribution < -0.4 is 19.5 Å². The highest BCUT2D eigenvalue weighted by molar-refractivity contribution is 7.89. The summed E-state index contributed by atoms with van der Waals surface area (Å²) in [4.78, 5) is 0. The molecule has 0 atom stereocenters. The molecule has 0 aliphatic heterocycles. The highest BCUT2D eigenvalue weighted by atomic mass is 32.2. The lowest BCUT2D eigenvalue weighted by Crippen LogP contribution is -2.39. The molecule has 1 saturated carbocycles. The average molecular weight is 419 g/mol. The van der Waals surface area contributed by atoms with Gasteiger partial charge >= 0.3 is 0 Å². The molecular formula is C22H30N2O4S. The first kappa shape index (κ1) is 21.5. The lowest BCUT2D eigenvalue weighted by atomic mass is 9.86. The predicted molar refractivity (Wildman–Crippen MR) is 116 cm³/mol. The molecule has 1 aliphatic rings. The van der Waals surface area contributed by atoms with E-state index in [0.29, 0.717) is 5.92 Å². The summed E-state index contributed by atoms with van der Waals surface area (Å²) in [7, 11) is -1.47. The molecule has 7 heteroatoms. The first-order valence-corrected chi connectivity index (χ1v) is 11.8. The van der Waals surface area contributed by atoms with Crippen LogP contribution in [0.2, 0.25) is 0 Å². The maximum atomic E-state index is 11.7. The van der Waals surface area contributed by atoms with Gasteiger partial charge in [-0.05, 0) is 87.1 Å². The van der Waals surface area contributed by atoms with Crippen LogP contribution in [0.4, 0.5) is 5.69 Å². The number of ether oxygens (including phenoxy) is 2. The highest BCUT2D eigenvalue weighted by Crippen LogP contribution is 2.27. The Bertz CT molecular complexity index is 859. The van der Waals surface area contributed by atoms with Crippen molar-refractivity contribution in [3.8, 4) is 17.2 Å². The maximum absolute atomic E-state index is 11.7. The van der Waals surface area contributed by atoms with Crippen molar-refractivity contribution in [2.24, 2.45) is 5.92 Å². The number of hydrogen-bond donors (Lipinski definition) is 2. The third-order valence-electron chi connectivity index (χ3n) is 5.32. The van der Waals surface area contributed by atoms with E-state index in [2.05, 4.69) is 10.0 Å². The number of nitrogens with one attached hydrogen (secondary N) is 2. The number of anilines is 1. The number of hydrogen-bond acceptors (Lipinski definition) is 5. The van der Waals surface area contributed by atoms with E-state index in [1.165, 1.54) is 0 Å². The Morgan fingerprint density at radius 2 is 1.45 bits per heavy atom. The number of sulfonamides is 1. The van der Waals surface area contributed by atoms with Crippen LogP contribution in [0.5, 0.6) is 17.2 Å². The molecule has 2 aromatic carbocycles. The lowest BCUT2D eigenvalue weighted by Gasteiger charge is -2.29. The first-order chi connectivity index (χ1) is 14.0. The van der Waals surface area contributed by atoms with E-state index in [9.17, 15) is 8.42 Å². The molecule has 1 aliphatic carbocycles. The van der Waals surface area contributed by atoms with Crippen LogP contribution in [0, 0.1) is 5.92 Å². The summed E-state index contributed by atoms with van der Waals surface area (Å²) in [6.45, 7) is 2.57. The van der Waals surface area contributed by atoms with E-state index in [1.54, 1.807) is 14.0 Å². The topological polar surface area (TPSA) is 76.7 Å². The van der Waals surface area contributed by atoms with Crippen LogP contribution in [-0.4, -0.2) is 33.9 Å². The minimum atomic E-state index is -3.11. The third-order valence-corrected chi connectivity index (χ3v) is 6.77. The SMILES string of the molecule is CCS(=O)(=O)NC1CCC(CNc2ccc(Oc3ccc(OC)cc3)cc2)CC1. The van der Waals surface area contributed by atoms with Gasteiger partial charge in [0, 0.05) is 18.3 Å². The molecule has 2 N–H and O–H groups in total. The molecule has 158 valence electrons. The number of methoxy groups -OCH3 is 1. The summed E-state index contributed by atoms with van der Waals surface area (Å²) in [6.07, 6.45) is 3.87. The summed E-state index contributed by atoms with van der Waals surface area (Å²) < 4.78 is 37.2. The van der Waals surface area contributed by atoms with Gasteiger partial charge in [-0.2, -0.15) is 0 Å². The fourth-order valence-corrected chi connectivity index (χ4v) is 4.41. The molecule has 0 unspecified atom stereocenters. The molecule has 0 spiro atoms. The summed E-state index contributed by atoms with van der Waals surface area (Å²) in [5.74, 6) is 3.06. The van der Waals surface area contributed by atoms with Gasteiger partial charge in [-0.3, -0.25) is 0 Å². The minimum Gasteiger partial charge on any atom is -0.497 e. The molecule has 3 rings (SSSR count). The molecule has 0 amide bonds. The van der Waals surface area contributed by atoms with Crippen LogP contribution >= 0.6 is 0 Å². The first-order valence-electron chi connectivity index (χ1n) is 10.1. The summed E-state index contributed by atoms with van der Waals surface area (Å²) in [5, 5.41) is 3.48. The fourth-order valence-electron chi connectivity index (χ4n) is 3.50. The third kappa shape index (κ3) is 6.65. The minimum absolute atomic E-state index is 0.0885. The van der Waals surface area contributed by atoms with Gasteiger partial charge in [-0.15, -0.1) is 0 Å². The molecule has 0 heterocycles. The van der Waals surface area contributed by atoms with Crippen molar-refractivity contribution in [3.63, 3.8) is 0 Å². The largest absolute Gasteiger partial charge is 0.497 e. The van der Waals surface area contributed by atoms with Crippen molar-refractivity contribution in [2.75, 3.05) is 24.7 Å². The molecule has 2 aromatic rings. The van der Waals surface area contributed by atoms with Crippen LogP contribution in [0.1, 0.15) is 32.6 Å². The van der Waals surface area contributed by atoms with Gasteiger partial charge in [0.05, 0.1) is 12.9 Å².